The second-order valence-electron chi connectivity index (χ2n) is 3.94. The van der Waals surface area contributed by atoms with Crippen molar-refractivity contribution >= 4 is 0 Å². The number of hydrogen-bond acceptors (Lipinski definition) is 2. The number of aliphatic hydroxyl groups is 2. The van der Waals surface area contributed by atoms with Crippen molar-refractivity contribution in [1.29, 1.82) is 0 Å². The van der Waals surface area contributed by atoms with Crippen LogP contribution in [0.3, 0.4) is 0 Å². The van der Waals surface area contributed by atoms with Crippen molar-refractivity contribution in [2.45, 2.75) is 19.8 Å². The van der Waals surface area contributed by atoms with Crippen molar-refractivity contribution in [3.63, 3.8) is 0 Å². The van der Waals surface area contributed by atoms with Crippen molar-refractivity contribution in [2.24, 2.45) is 5.41 Å². The fraction of sp³-hybridized carbons (Fsp3) is 0.500. The molecule has 3 heteroatoms. The molecule has 0 radical (unpaired) electrons. The van der Waals surface area contributed by atoms with E-state index in [0.717, 1.165) is 0 Å². The summed E-state index contributed by atoms with van der Waals surface area (Å²) in [4.78, 5) is 0. The molecule has 0 bridgehead atoms. The Morgan fingerprint density at radius 2 is 1.80 bits per heavy atom. The van der Waals surface area contributed by atoms with Crippen molar-refractivity contribution in [2.75, 3.05) is 13.2 Å². The van der Waals surface area contributed by atoms with Gasteiger partial charge in [-0.2, -0.15) is 0 Å². The Morgan fingerprint density at radius 3 is 2.27 bits per heavy atom. The van der Waals surface area contributed by atoms with E-state index in [1.165, 1.54) is 6.07 Å². The van der Waals surface area contributed by atoms with Gasteiger partial charge in [0.15, 0.2) is 0 Å². The lowest BCUT2D eigenvalue weighted by Crippen LogP contribution is -2.31. The highest BCUT2D eigenvalue weighted by molar-refractivity contribution is 5.19. The molecule has 0 fully saturated rings. The van der Waals surface area contributed by atoms with E-state index in [1.54, 1.807) is 18.2 Å². The summed E-state index contributed by atoms with van der Waals surface area (Å²) < 4.78 is 13.4. The zero-order chi connectivity index (χ0) is 11.3. The van der Waals surface area contributed by atoms with E-state index in [2.05, 4.69) is 0 Å². The normalized spacial score (nSPS) is 11.7. The summed E-state index contributed by atoms with van der Waals surface area (Å²) in [6.45, 7) is 1.62. The minimum absolute atomic E-state index is 0.131. The quantitative estimate of drug-likeness (QED) is 0.780. The van der Waals surface area contributed by atoms with E-state index in [9.17, 15) is 14.6 Å². The Bertz CT molecular complexity index is 300. The largest absolute Gasteiger partial charge is 0.396 e. The van der Waals surface area contributed by atoms with Crippen LogP contribution < -0.4 is 0 Å². The molecule has 1 aromatic carbocycles. The van der Waals surface area contributed by atoms with Crippen LogP contribution in [0.2, 0.25) is 0 Å². The molecule has 0 saturated carbocycles. The highest BCUT2D eigenvalue weighted by Crippen LogP contribution is 2.27. The lowest BCUT2D eigenvalue weighted by molar-refractivity contribution is 0.0507. The van der Waals surface area contributed by atoms with Crippen LogP contribution in [0.5, 0.6) is 0 Å². The van der Waals surface area contributed by atoms with Crippen LogP contribution in [-0.4, -0.2) is 23.4 Å². The molecule has 84 valence electrons. The van der Waals surface area contributed by atoms with Gasteiger partial charge in [0.2, 0.25) is 0 Å². The molecule has 2 N–H and O–H groups in total. The molecule has 0 aromatic heterocycles. The van der Waals surface area contributed by atoms with Gasteiger partial charge in [-0.1, -0.05) is 25.1 Å². The fourth-order valence-electron chi connectivity index (χ4n) is 1.56. The topological polar surface area (TPSA) is 40.5 Å². The molecule has 0 unspecified atom stereocenters. The summed E-state index contributed by atoms with van der Waals surface area (Å²) in [5.41, 5.74) is -0.0650. The van der Waals surface area contributed by atoms with Crippen molar-refractivity contribution in [3.8, 4) is 0 Å². The van der Waals surface area contributed by atoms with Gasteiger partial charge in [-0.15, -0.1) is 0 Å². The maximum atomic E-state index is 13.4. The van der Waals surface area contributed by atoms with Gasteiger partial charge in [0.1, 0.15) is 5.82 Å². The first-order valence-corrected chi connectivity index (χ1v) is 5.12. The molecule has 0 atom stereocenters. The lowest BCUT2D eigenvalue weighted by Gasteiger charge is -2.28. The van der Waals surface area contributed by atoms with E-state index in [4.69, 9.17) is 0 Å². The Morgan fingerprint density at radius 1 is 1.20 bits per heavy atom. The average Bonchev–Trinajstić information content (AvgIpc) is 2.29. The van der Waals surface area contributed by atoms with E-state index < -0.39 is 5.41 Å². The average molecular weight is 212 g/mol. The first kappa shape index (κ1) is 12.1. The van der Waals surface area contributed by atoms with Crippen molar-refractivity contribution < 1.29 is 14.6 Å². The van der Waals surface area contributed by atoms with Crippen molar-refractivity contribution in [1.82, 2.24) is 0 Å². The second kappa shape index (κ2) is 5.24. The van der Waals surface area contributed by atoms with E-state index in [0.29, 0.717) is 18.4 Å². The van der Waals surface area contributed by atoms with Crippen LogP contribution in [0, 0.1) is 11.2 Å². The Hall–Kier alpha value is -0.930. The van der Waals surface area contributed by atoms with Gasteiger partial charge in [0.05, 0.1) is 13.2 Å². The number of hydrogen-bond donors (Lipinski definition) is 2. The van der Waals surface area contributed by atoms with E-state index in [1.807, 2.05) is 6.92 Å². The van der Waals surface area contributed by atoms with Crippen LogP contribution in [0.25, 0.3) is 0 Å². The minimum Gasteiger partial charge on any atom is -0.396 e. The van der Waals surface area contributed by atoms with Crippen LogP contribution in [0.15, 0.2) is 24.3 Å². The Balaban J connectivity index is 2.88. The first-order valence-electron chi connectivity index (χ1n) is 5.12. The summed E-state index contributed by atoms with van der Waals surface area (Å²) in [6, 6.07) is 6.47. The summed E-state index contributed by atoms with van der Waals surface area (Å²) in [5, 5.41) is 18.5. The standard InChI is InChI=1S/C12H17FO2/c1-2-12(8-14,9-15)7-10-5-3-4-6-11(10)13/h3-6,14-15H,2,7-9H2,1H3. The molecular weight excluding hydrogens is 195 g/mol. The predicted molar refractivity (Wildman–Crippen MR) is 57.0 cm³/mol. The number of aliphatic hydroxyl groups excluding tert-OH is 2. The SMILES string of the molecule is CCC(CO)(CO)Cc1ccccc1F. The maximum absolute atomic E-state index is 13.4. The predicted octanol–water partition coefficient (Wildman–Crippen LogP) is 1.75. The molecule has 0 saturated heterocycles. The third-order valence-corrected chi connectivity index (χ3v) is 2.94. The van der Waals surface area contributed by atoms with Crippen LogP contribution >= 0.6 is 0 Å². The third-order valence-electron chi connectivity index (χ3n) is 2.94. The molecule has 1 aromatic rings. The van der Waals surface area contributed by atoms with Crippen molar-refractivity contribution in [3.05, 3.63) is 35.6 Å². The molecule has 2 nitrogen and oxygen atoms in total. The van der Waals surface area contributed by atoms with Crippen LogP contribution in [0.4, 0.5) is 4.39 Å². The van der Waals surface area contributed by atoms with Gasteiger partial charge < -0.3 is 10.2 Å². The molecule has 0 aliphatic rings. The molecule has 0 heterocycles. The van der Waals surface area contributed by atoms with Gasteiger partial charge in [0.25, 0.3) is 0 Å². The Labute approximate surface area is 89.4 Å². The minimum atomic E-state index is -0.609. The maximum Gasteiger partial charge on any atom is 0.126 e. The highest BCUT2D eigenvalue weighted by atomic mass is 19.1. The second-order valence-corrected chi connectivity index (χ2v) is 3.94. The van der Waals surface area contributed by atoms with E-state index >= 15 is 0 Å². The summed E-state index contributed by atoms with van der Waals surface area (Å²) in [5.74, 6) is -0.280. The van der Waals surface area contributed by atoms with Gasteiger partial charge >= 0.3 is 0 Å². The number of halogens is 1. The van der Waals surface area contributed by atoms with Crippen LogP contribution in [-0.2, 0) is 6.42 Å². The molecule has 0 amide bonds. The zero-order valence-electron chi connectivity index (χ0n) is 8.91. The molecule has 1 rings (SSSR count). The van der Waals surface area contributed by atoms with Gasteiger partial charge in [-0.3, -0.25) is 0 Å². The summed E-state index contributed by atoms with van der Waals surface area (Å²) >= 11 is 0. The molecule has 0 spiro atoms. The first-order chi connectivity index (χ1) is 7.17. The number of rotatable bonds is 5. The monoisotopic (exact) mass is 212 g/mol. The summed E-state index contributed by atoms with van der Waals surface area (Å²) in [7, 11) is 0. The molecule has 15 heavy (non-hydrogen) atoms. The van der Waals surface area contributed by atoms with Gasteiger partial charge in [-0.05, 0) is 24.5 Å². The summed E-state index contributed by atoms with van der Waals surface area (Å²) in [6.07, 6.45) is 0.984. The number of benzene rings is 1. The molecular formula is C12H17FO2. The zero-order valence-corrected chi connectivity index (χ0v) is 8.91. The van der Waals surface area contributed by atoms with Gasteiger partial charge in [0, 0.05) is 5.41 Å². The van der Waals surface area contributed by atoms with Gasteiger partial charge in [-0.25, -0.2) is 4.39 Å². The fourth-order valence-corrected chi connectivity index (χ4v) is 1.56. The highest BCUT2D eigenvalue weighted by Gasteiger charge is 2.27. The van der Waals surface area contributed by atoms with E-state index in [-0.39, 0.29) is 19.0 Å². The molecule has 0 aliphatic heterocycles. The third kappa shape index (κ3) is 2.76. The smallest absolute Gasteiger partial charge is 0.126 e. The van der Waals surface area contributed by atoms with Crippen LogP contribution in [0.1, 0.15) is 18.9 Å². The molecule has 0 aliphatic carbocycles. The Kier molecular flexibility index (Phi) is 4.24. The lowest BCUT2D eigenvalue weighted by atomic mass is 9.80.